The van der Waals surface area contributed by atoms with Gasteiger partial charge in [-0.1, -0.05) is 51.4 Å². The van der Waals surface area contributed by atoms with E-state index < -0.39 is 5.60 Å². The molecule has 3 saturated heterocycles. The summed E-state index contributed by atoms with van der Waals surface area (Å²) in [7, 11) is 0. The number of β-lactam (4-membered cyclic amide) rings is 1. The van der Waals surface area contributed by atoms with Crippen molar-refractivity contribution in [3.05, 3.63) is 0 Å². The summed E-state index contributed by atoms with van der Waals surface area (Å²) in [5.74, 6) is 0.0953. The van der Waals surface area contributed by atoms with E-state index in [9.17, 15) is 9.59 Å². The van der Waals surface area contributed by atoms with Gasteiger partial charge in [-0.2, -0.15) is 0 Å². The summed E-state index contributed by atoms with van der Waals surface area (Å²) >= 11 is 0. The van der Waals surface area contributed by atoms with Crippen LogP contribution in [0.5, 0.6) is 0 Å². The van der Waals surface area contributed by atoms with Crippen LogP contribution in [-0.2, 0) is 9.53 Å². The van der Waals surface area contributed by atoms with E-state index >= 15 is 0 Å². The number of carbonyl (C=O) groups excluding carboxylic acids is 2. The third kappa shape index (κ3) is 6.52. The Balaban J connectivity index is 1.95. The Morgan fingerprint density at radius 3 is 1.84 bits per heavy atom. The second-order valence-corrected chi connectivity index (χ2v) is 8.51. The van der Waals surface area contributed by atoms with Crippen LogP contribution in [0.1, 0.15) is 85.0 Å². The van der Waals surface area contributed by atoms with Gasteiger partial charge in [0.25, 0.3) is 0 Å². The smallest absolute Gasteiger partial charge is 0.411 e. The minimum Gasteiger partial charge on any atom is -0.444 e. The Morgan fingerprint density at radius 1 is 0.880 bits per heavy atom. The Bertz CT molecular complexity index is 445. The molecule has 0 spiro atoms. The second kappa shape index (κ2) is 9.44. The zero-order valence-corrected chi connectivity index (χ0v) is 16.4. The fourth-order valence-corrected chi connectivity index (χ4v) is 3.60. The molecule has 144 valence electrons. The molecular weight excluding hydrogens is 316 g/mol. The Morgan fingerprint density at radius 2 is 1.36 bits per heavy atom. The summed E-state index contributed by atoms with van der Waals surface area (Å²) in [4.78, 5) is 28.7. The second-order valence-electron chi connectivity index (χ2n) is 8.51. The van der Waals surface area contributed by atoms with Gasteiger partial charge in [0.2, 0.25) is 5.91 Å². The van der Waals surface area contributed by atoms with Crippen LogP contribution in [0.3, 0.4) is 0 Å². The minimum atomic E-state index is -0.529. The third-order valence-corrected chi connectivity index (χ3v) is 5.07. The largest absolute Gasteiger partial charge is 0.444 e. The molecule has 0 aromatic heterocycles. The van der Waals surface area contributed by atoms with E-state index in [0.29, 0.717) is 13.1 Å². The van der Waals surface area contributed by atoms with E-state index in [1.165, 1.54) is 44.9 Å². The van der Waals surface area contributed by atoms with Crippen molar-refractivity contribution in [1.82, 2.24) is 9.80 Å². The van der Waals surface area contributed by atoms with Gasteiger partial charge in [0, 0.05) is 13.1 Å². The number of nitrogens with zero attached hydrogens (tertiary/aromatic N) is 2. The zero-order chi connectivity index (χ0) is 18.3. The molecule has 0 N–H and O–H groups in total. The Hall–Kier alpha value is -1.26. The summed E-state index contributed by atoms with van der Waals surface area (Å²) in [6.45, 7) is 7.73. The number of hydrogen-bond donors (Lipinski definition) is 0. The van der Waals surface area contributed by atoms with Gasteiger partial charge in [0.05, 0.1) is 6.54 Å². The molecule has 5 heteroatoms. The maximum Gasteiger partial charge on any atom is 0.411 e. The molecule has 0 aromatic rings. The van der Waals surface area contributed by atoms with Crippen LogP contribution in [-0.4, -0.2) is 53.1 Å². The normalized spacial score (nSPS) is 24.6. The van der Waals surface area contributed by atoms with Gasteiger partial charge >= 0.3 is 6.09 Å². The molecule has 3 fully saturated rings. The Labute approximate surface area is 153 Å². The van der Waals surface area contributed by atoms with Gasteiger partial charge in [0.15, 0.2) is 0 Å². The minimum absolute atomic E-state index is 0.0953. The number of amides is 2. The van der Waals surface area contributed by atoms with E-state index in [2.05, 4.69) is 0 Å². The molecule has 3 aliphatic heterocycles. The van der Waals surface area contributed by atoms with Crippen LogP contribution < -0.4 is 0 Å². The molecule has 0 unspecified atom stereocenters. The first-order chi connectivity index (χ1) is 11.9. The van der Waals surface area contributed by atoms with E-state index in [1.807, 2.05) is 25.7 Å². The van der Waals surface area contributed by atoms with Crippen molar-refractivity contribution in [2.24, 2.45) is 0 Å². The molecule has 0 saturated carbocycles. The van der Waals surface area contributed by atoms with E-state index in [4.69, 9.17) is 4.74 Å². The SMILES string of the molecule is CC(C)(C)OC(=O)N1CCCCCCCCCCCCN2C[C@H]1C2=O. The summed E-state index contributed by atoms with van der Waals surface area (Å²) in [6, 6.07) is -0.317. The number of carbonyl (C=O) groups is 2. The highest BCUT2D eigenvalue weighted by molar-refractivity contribution is 5.91. The van der Waals surface area contributed by atoms with Crippen molar-refractivity contribution in [2.45, 2.75) is 96.6 Å². The molecule has 0 aromatic carbocycles. The lowest BCUT2D eigenvalue weighted by atomic mass is 10.0. The third-order valence-electron chi connectivity index (χ3n) is 5.07. The molecular formula is C20H36N2O3. The molecule has 5 nitrogen and oxygen atoms in total. The fourth-order valence-electron chi connectivity index (χ4n) is 3.60. The lowest BCUT2D eigenvalue weighted by Gasteiger charge is -2.44. The predicted octanol–water partition coefficient (Wildman–Crippen LogP) is 4.35. The molecule has 3 rings (SSSR count). The number of ether oxygens (including phenoxy) is 1. The molecule has 2 bridgehead atoms. The van der Waals surface area contributed by atoms with Gasteiger partial charge in [0.1, 0.15) is 11.6 Å². The molecule has 2 amide bonds. The fraction of sp³-hybridized carbons (Fsp3) is 0.900. The van der Waals surface area contributed by atoms with Crippen LogP contribution in [0.15, 0.2) is 0 Å². The molecule has 1 atom stereocenters. The maximum absolute atomic E-state index is 12.6. The van der Waals surface area contributed by atoms with E-state index in [-0.39, 0.29) is 18.0 Å². The van der Waals surface area contributed by atoms with Gasteiger partial charge in [-0.15, -0.1) is 0 Å². The summed E-state index contributed by atoms with van der Waals surface area (Å²) in [5, 5.41) is 0. The molecule has 25 heavy (non-hydrogen) atoms. The van der Waals surface area contributed by atoms with Gasteiger partial charge in [-0.3, -0.25) is 9.69 Å². The summed E-state index contributed by atoms with van der Waals surface area (Å²) < 4.78 is 5.54. The highest BCUT2D eigenvalue weighted by Crippen LogP contribution is 2.22. The topological polar surface area (TPSA) is 49.9 Å². The monoisotopic (exact) mass is 352 g/mol. The van der Waals surface area contributed by atoms with Crippen LogP contribution in [0, 0.1) is 0 Å². The van der Waals surface area contributed by atoms with Crippen molar-refractivity contribution < 1.29 is 14.3 Å². The first-order valence-corrected chi connectivity index (χ1v) is 10.2. The molecule has 0 radical (unpaired) electrons. The standard InChI is InChI=1S/C20H36N2O3/c1-20(2,3)25-19(24)22-15-13-11-9-7-5-4-6-8-10-12-14-21-16-17(22)18(21)23/h17H,4-16H2,1-3H3/t17-/m0/s1. The molecule has 3 aliphatic rings. The van der Waals surface area contributed by atoms with Crippen LogP contribution in [0.2, 0.25) is 0 Å². The van der Waals surface area contributed by atoms with Crippen molar-refractivity contribution in [3.8, 4) is 0 Å². The number of rotatable bonds is 0. The average molecular weight is 353 g/mol. The molecule has 0 aliphatic carbocycles. The van der Waals surface area contributed by atoms with Gasteiger partial charge < -0.3 is 9.64 Å². The Kier molecular flexibility index (Phi) is 7.57. The first-order valence-electron chi connectivity index (χ1n) is 10.2. The predicted molar refractivity (Wildman–Crippen MR) is 99.5 cm³/mol. The van der Waals surface area contributed by atoms with Crippen molar-refractivity contribution in [2.75, 3.05) is 19.6 Å². The summed E-state index contributed by atoms with van der Waals surface area (Å²) in [5.41, 5.74) is -0.529. The van der Waals surface area contributed by atoms with Crippen molar-refractivity contribution in [3.63, 3.8) is 0 Å². The van der Waals surface area contributed by atoms with Crippen LogP contribution >= 0.6 is 0 Å². The number of fused-ring (bicyclic) bond motifs is 12. The average Bonchev–Trinajstić information content (AvgIpc) is 2.52. The maximum atomic E-state index is 12.6. The van der Waals surface area contributed by atoms with Crippen molar-refractivity contribution >= 4 is 12.0 Å². The molecule has 3 heterocycles. The van der Waals surface area contributed by atoms with E-state index in [0.717, 1.165) is 25.8 Å². The van der Waals surface area contributed by atoms with E-state index in [1.54, 1.807) is 4.90 Å². The first kappa shape index (κ1) is 20.1. The highest BCUT2D eigenvalue weighted by atomic mass is 16.6. The highest BCUT2D eigenvalue weighted by Gasteiger charge is 2.43. The lowest BCUT2D eigenvalue weighted by Crippen LogP contribution is -2.65. The van der Waals surface area contributed by atoms with Gasteiger partial charge in [-0.05, 0) is 33.6 Å². The lowest BCUT2D eigenvalue weighted by molar-refractivity contribution is -0.150. The van der Waals surface area contributed by atoms with Crippen LogP contribution in [0.4, 0.5) is 4.79 Å². The number of hydrogen-bond acceptors (Lipinski definition) is 3. The summed E-state index contributed by atoms with van der Waals surface area (Å²) in [6.07, 6.45) is 11.7. The van der Waals surface area contributed by atoms with Crippen molar-refractivity contribution in [1.29, 1.82) is 0 Å². The quantitative estimate of drug-likeness (QED) is 0.609. The van der Waals surface area contributed by atoms with Gasteiger partial charge in [-0.25, -0.2) is 4.79 Å². The van der Waals surface area contributed by atoms with Crippen LogP contribution in [0.25, 0.3) is 0 Å². The zero-order valence-electron chi connectivity index (χ0n) is 16.4.